The molecular formula is C12H21N3O. The number of hydrogen-bond acceptors (Lipinski definition) is 2. The maximum atomic E-state index is 12.1. The summed E-state index contributed by atoms with van der Waals surface area (Å²) in [4.78, 5) is 12.1. The summed E-state index contributed by atoms with van der Waals surface area (Å²) < 4.78 is 3.92. The summed E-state index contributed by atoms with van der Waals surface area (Å²) in [6.45, 7) is 7.05. The van der Waals surface area contributed by atoms with E-state index in [0.29, 0.717) is 11.6 Å². The van der Waals surface area contributed by atoms with Crippen LogP contribution in [0.2, 0.25) is 0 Å². The fourth-order valence-electron chi connectivity index (χ4n) is 2.36. The Morgan fingerprint density at radius 3 is 2.62 bits per heavy atom. The normalized spacial score (nSPS) is 17.7. The van der Waals surface area contributed by atoms with Crippen LogP contribution in [0.4, 0.5) is 5.69 Å². The summed E-state index contributed by atoms with van der Waals surface area (Å²) in [6.07, 6.45) is 3.50. The molecule has 2 N–H and O–H groups in total. The van der Waals surface area contributed by atoms with Crippen molar-refractivity contribution in [2.45, 2.75) is 52.6 Å². The van der Waals surface area contributed by atoms with E-state index in [1.807, 2.05) is 11.6 Å². The Morgan fingerprint density at radius 1 is 1.50 bits per heavy atom. The van der Waals surface area contributed by atoms with Crippen LogP contribution in [0.1, 0.15) is 44.8 Å². The van der Waals surface area contributed by atoms with Gasteiger partial charge in [0.15, 0.2) is 0 Å². The molecule has 0 saturated heterocycles. The van der Waals surface area contributed by atoms with E-state index in [1.165, 1.54) is 12.8 Å². The molecule has 1 fully saturated rings. The molecule has 0 spiro atoms. The van der Waals surface area contributed by atoms with Crippen LogP contribution in [-0.4, -0.2) is 9.36 Å². The van der Waals surface area contributed by atoms with E-state index in [0.717, 1.165) is 18.7 Å². The number of rotatable bonds is 4. The molecule has 1 unspecified atom stereocenters. The quantitative estimate of drug-likeness (QED) is 0.847. The Balaban J connectivity index is 2.48. The lowest BCUT2D eigenvalue weighted by molar-refractivity contribution is 0.343. The molecule has 0 aliphatic heterocycles. The van der Waals surface area contributed by atoms with E-state index in [4.69, 9.17) is 5.73 Å². The van der Waals surface area contributed by atoms with Gasteiger partial charge in [0.2, 0.25) is 0 Å². The van der Waals surface area contributed by atoms with Gasteiger partial charge in [0, 0.05) is 6.54 Å². The van der Waals surface area contributed by atoms with Gasteiger partial charge in [0.1, 0.15) is 5.69 Å². The Kier molecular flexibility index (Phi) is 2.82. The minimum atomic E-state index is -0.00894. The molecule has 1 aromatic rings. The molecular weight excluding hydrogens is 202 g/mol. The van der Waals surface area contributed by atoms with Gasteiger partial charge < -0.3 is 5.73 Å². The van der Waals surface area contributed by atoms with Gasteiger partial charge in [0.05, 0.1) is 11.7 Å². The monoisotopic (exact) mass is 223 g/mol. The zero-order valence-electron chi connectivity index (χ0n) is 10.4. The largest absolute Gasteiger partial charge is 0.393 e. The van der Waals surface area contributed by atoms with Crippen molar-refractivity contribution in [1.29, 1.82) is 0 Å². The highest BCUT2D eigenvalue weighted by atomic mass is 16.1. The maximum Gasteiger partial charge on any atom is 0.290 e. The fraction of sp³-hybridized carbons (Fsp3) is 0.750. The van der Waals surface area contributed by atoms with Gasteiger partial charge in [-0.1, -0.05) is 6.92 Å². The van der Waals surface area contributed by atoms with E-state index >= 15 is 0 Å². The van der Waals surface area contributed by atoms with E-state index < -0.39 is 0 Å². The average Bonchev–Trinajstić information content (AvgIpc) is 3.06. The second-order valence-electron chi connectivity index (χ2n) is 4.85. The summed E-state index contributed by atoms with van der Waals surface area (Å²) in [5.74, 6) is 0.669. The van der Waals surface area contributed by atoms with Gasteiger partial charge in [0.25, 0.3) is 5.56 Å². The molecule has 4 nitrogen and oxygen atoms in total. The molecule has 0 bridgehead atoms. The molecule has 4 heteroatoms. The van der Waals surface area contributed by atoms with Crippen molar-refractivity contribution in [1.82, 2.24) is 9.36 Å². The van der Waals surface area contributed by atoms with Crippen LogP contribution < -0.4 is 11.3 Å². The first-order valence-corrected chi connectivity index (χ1v) is 6.15. The van der Waals surface area contributed by atoms with Crippen molar-refractivity contribution < 1.29 is 0 Å². The molecule has 2 rings (SSSR count). The number of nitrogen functional groups attached to an aromatic ring is 1. The van der Waals surface area contributed by atoms with Crippen LogP contribution in [-0.2, 0) is 6.54 Å². The van der Waals surface area contributed by atoms with E-state index in [9.17, 15) is 4.79 Å². The summed E-state index contributed by atoms with van der Waals surface area (Å²) >= 11 is 0. The van der Waals surface area contributed by atoms with Crippen molar-refractivity contribution >= 4 is 5.69 Å². The highest BCUT2D eigenvalue weighted by molar-refractivity contribution is 5.40. The number of aromatic nitrogens is 2. The Bertz CT molecular complexity index is 440. The lowest BCUT2D eigenvalue weighted by Crippen LogP contribution is -2.28. The summed E-state index contributed by atoms with van der Waals surface area (Å²) in [6, 6.07) is 0.287. The van der Waals surface area contributed by atoms with Crippen LogP contribution in [0.25, 0.3) is 0 Å². The van der Waals surface area contributed by atoms with Crippen molar-refractivity contribution in [3.8, 4) is 0 Å². The van der Waals surface area contributed by atoms with Crippen LogP contribution in [0.5, 0.6) is 0 Å². The lowest BCUT2D eigenvalue weighted by Gasteiger charge is -2.18. The van der Waals surface area contributed by atoms with Crippen LogP contribution in [0.3, 0.4) is 0 Å². The lowest BCUT2D eigenvalue weighted by atomic mass is 10.2. The number of nitrogens with two attached hydrogens (primary N) is 1. The van der Waals surface area contributed by atoms with Crippen LogP contribution in [0.15, 0.2) is 4.79 Å². The fourth-order valence-corrected chi connectivity index (χ4v) is 2.36. The minimum absolute atomic E-state index is 0.00894. The van der Waals surface area contributed by atoms with E-state index in [1.54, 1.807) is 0 Å². The zero-order valence-corrected chi connectivity index (χ0v) is 10.4. The molecule has 1 aliphatic carbocycles. The second kappa shape index (κ2) is 4.00. The highest BCUT2D eigenvalue weighted by Gasteiger charge is 2.32. The molecule has 1 saturated carbocycles. The van der Waals surface area contributed by atoms with Gasteiger partial charge in [-0.25, -0.2) is 4.68 Å². The first-order valence-electron chi connectivity index (χ1n) is 6.15. The third-order valence-electron chi connectivity index (χ3n) is 3.60. The molecule has 1 aliphatic rings. The zero-order chi connectivity index (χ0) is 11.9. The van der Waals surface area contributed by atoms with E-state index in [2.05, 4.69) is 18.5 Å². The first kappa shape index (κ1) is 11.3. The van der Waals surface area contributed by atoms with E-state index in [-0.39, 0.29) is 11.6 Å². The van der Waals surface area contributed by atoms with Crippen molar-refractivity contribution in [2.75, 3.05) is 5.73 Å². The Hall–Kier alpha value is -1.19. The van der Waals surface area contributed by atoms with Gasteiger partial charge in [-0.05, 0) is 39.0 Å². The molecule has 90 valence electrons. The Morgan fingerprint density at radius 2 is 2.12 bits per heavy atom. The molecule has 1 heterocycles. The number of nitrogens with zero attached hydrogens (tertiary/aromatic N) is 2. The molecule has 16 heavy (non-hydrogen) atoms. The number of anilines is 1. The van der Waals surface area contributed by atoms with Crippen molar-refractivity contribution in [3.05, 3.63) is 16.0 Å². The summed E-state index contributed by atoms with van der Waals surface area (Å²) in [5.41, 5.74) is 7.16. The van der Waals surface area contributed by atoms with Gasteiger partial charge >= 0.3 is 0 Å². The third kappa shape index (κ3) is 1.66. The van der Waals surface area contributed by atoms with Crippen molar-refractivity contribution in [3.63, 3.8) is 0 Å². The number of hydrogen-bond donors (Lipinski definition) is 1. The summed E-state index contributed by atoms with van der Waals surface area (Å²) in [5, 5.41) is 0. The molecule has 0 radical (unpaired) electrons. The second-order valence-corrected chi connectivity index (χ2v) is 4.85. The van der Waals surface area contributed by atoms with Gasteiger partial charge in [-0.2, -0.15) is 0 Å². The SMILES string of the molecule is CCCn1c(C)c(N)c(=O)n1C(C)C1CC1. The maximum absolute atomic E-state index is 12.1. The highest BCUT2D eigenvalue weighted by Crippen LogP contribution is 2.39. The average molecular weight is 223 g/mol. The van der Waals surface area contributed by atoms with Crippen LogP contribution >= 0.6 is 0 Å². The molecule has 0 amide bonds. The molecule has 1 atom stereocenters. The standard InChI is InChI=1S/C12H21N3O/c1-4-7-14-9(3)11(13)12(16)15(14)8(2)10-5-6-10/h8,10H,4-7,13H2,1-3H3. The van der Waals surface area contributed by atoms with Gasteiger partial charge in [-0.3, -0.25) is 9.48 Å². The Labute approximate surface area is 96.0 Å². The first-order chi connectivity index (χ1) is 7.57. The van der Waals surface area contributed by atoms with Crippen molar-refractivity contribution in [2.24, 2.45) is 5.92 Å². The topological polar surface area (TPSA) is 52.9 Å². The smallest absolute Gasteiger partial charge is 0.290 e. The predicted molar refractivity (Wildman–Crippen MR) is 65.6 cm³/mol. The van der Waals surface area contributed by atoms with Gasteiger partial charge in [-0.15, -0.1) is 0 Å². The minimum Gasteiger partial charge on any atom is -0.393 e. The predicted octanol–water partition coefficient (Wildman–Crippen LogP) is 1.92. The summed E-state index contributed by atoms with van der Waals surface area (Å²) in [7, 11) is 0. The molecule has 1 aromatic heterocycles. The molecule has 0 aromatic carbocycles. The van der Waals surface area contributed by atoms with Crippen LogP contribution in [0, 0.1) is 12.8 Å². The third-order valence-corrected chi connectivity index (χ3v) is 3.60.